The Balaban J connectivity index is 1.75. The van der Waals surface area contributed by atoms with Gasteiger partial charge in [0.25, 0.3) is 0 Å². The zero-order valence-electron chi connectivity index (χ0n) is 27.7. The molecule has 0 spiro atoms. The first kappa shape index (κ1) is 36.7. The molecule has 0 aliphatic carbocycles. The van der Waals surface area contributed by atoms with E-state index in [1.165, 1.54) is 6.08 Å². The standard InChI is InChI=1S/C38H41ClF3N3O3/c1-7-26(36(47)43-21-20-32(46)48-37(4,5)6)13-11-12-25(3)33(27-18-16-24(2)17-19-27)35-30-22-28(38(40,41)42)23-31(39)34(30)44-45(35)29-14-9-8-10-15-29/h7-19,22-23,25,33,36,43,47H,1,20-21H2,2-6H3/b12-11+,26-13+. The summed E-state index contributed by atoms with van der Waals surface area (Å²) in [7, 11) is 0. The van der Waals surface area contributed by atoms with E-state index in [1.54, 1.807) is 37.6 Å². The predicted molar refractivity (Wildman–Crippen MR) is 185 cm³/mol. The molecule has 1 heterocycles. The minimum absolute atomic E-state index is 0.0764. The Labute approximate surface area is 284 Å². The van der Waals surface area contributed by atoms with Gasteiger partial charge in [-0.3, -0.25) is 10.1 Å². The van der Waals surface area contributed by atoms with Crippen LogP contribution in [0.5, 0.6) is 0 Å². The van der Waals surface area contributed by atoms with E-state index in [4.69, 9.17) is 21.4 Å². The highest BCUT2D eigenvalue weighted by Gasteiger charge is 2.34. The van der Waals surface area contributed by atoms with E-state index < -0.39 is 29.5 Å². The first-order valence-corrected chi connectivity index (χ1v) is 16.0. The van der Waals surface area contributed by atoms with Gasteiger partial charge < -0.3 is 9.84 Å². The minimum Gasteiger partial charge on any atom is -0.460 e. The summed E-state index contributed by atoms with van der Waals surface area (Å²) in [5.74, 6) is -1.11. The smallest absolute Gasteiger partial charge is 0.416 e. The summed E-state index contributed by atoms with van der Waals surface area (Å²) < 4.78 is 49.1. The third-order valence-corrected chi connectivity index (χ3v) is 7.98. The van der Waals surface area contributed by atoms with Crippen molar-refractivity contribution < 1.29 is 27.8 Å². The predicted octanol–water partition coefficient (Wildman–Crippen LogP) is 9.08. The summed E-state index contributed by atoms with van der Waals surface area (Å²) in [6, 6.07) is 19.1. The van der Waals surface area contributed by atoms with Crippen LogP contribution in [0.4, 0.5) is 13.2 Å². The normalized spacial score (nSPS) is 14.7. The third kappa shape index (κ3) is 9.24. The highest BCUT2D eigenvalue weighted by atomic mass is 35.5. The van der Waals surface area contributed by atoms with Crippen molar-refractivity contribution >= 4 is 28.5 Å². The van der Waals surface area contributed by atoms with Gasteiger partial charge >= 0.3 is 12.1 Å². The quantitative estimate of drug-likeness (QED) is 0.0888. The number of carbonyl (C=O) groups is 1. The molecule has 6 nitrogen and oxygen atoms in total. The Kier molecular flexibility index (Phi) is 11.7. The lowest BCUT2D eigenvalue weighted by molar-refractivity contribution is -0.154. The lowest BCUT2D eigenvalue weighted by atomic mass is 9.82. The lowest BCUT2D eigenvalue weighted by Crippen LogP contribution is -2.33. The van der Waals surface area contributed by atoms with Crippen LogP contribution in [0.15, 0.2) is 103 Å². The molecule has 0 amide bonds. The zero-order chi connectivity index (χ0) is 35.2. The van der Waals surface area contributed by atoms with E-state index in [9.17, 15) is 23.1 Å². The molecule has 1 aromatic heterocycles. The first-order valence-electron chi connectivity index (χ1n) is 15.6. The number of fused-ring (bicyclic) bond motifs is 1. The molecule has 3 atom stereocenters. The number of ether oxygens (including phenoxy) is 1. The molecular weight excluding hydrogens is 639 g/mol. The molecule has 0 aliphatic rings. The van der Waals surface area contributed by atoms with Crippen LogP contribution < -0.4 is 5.32 Å². The number of para-hydroxylation sites is 1. The van der Waals surface area contributed by atoms with E-state index in [0.717, 1.165) is 23.3 Å². The van der Waals surface area contributed by atoms with Gasteiger partial charge in [0.05, 0.1) is 28.4 Å². The summed E-state index contributed by atoms with van der Waals surface area (Å²) in [5.41, 5.74) is 2.43. The summed E-state index contributed by atoms with van der Waals surface area (Å²) in [4.78, 5) is 12.0. The largest absolute Gasteiger partial charge is 0.460 e. The molecule has 3 unspecified atom stereocenters. The van der Waals surface area contributed by atoms with Crippen molar-refractivity contribution in [3.63, 3.8) is 0 Å². The number of carbonyl (C=O) groups excluding carboxylic acids is 1. The minimum atomic E-state index is -4.61. The van der Waals surface area contributed by atoms with Gasteiger partial charge in [-0.15, -0.1) is 0 Å². The van der Waals surface area contributed by atoms with E-state index in [0.29, 0.717) is 22.3 Å². The Morgan fingerprint density at radius 2 is 1.77 bits per heavy atom. The maximum Gasteiger partial charge on any atom is 0.416 e. The number of hydrogen-bond donors (Lipinski definition) is 2. The topological polar surface area (TPSA) is 76.4 Å². The van der Waals surface area contributed by atoms with E-state index in [2.05, 4.69) is 11.9 Å². The highest BCUT2D eigenvalue weighted by molar-refractivity contribution is 6.35. The van der Waals surface area contributed by atoms with Crippen molar-refractivity contribution in [2.75, 3.05) is 6.54 Å². The Morgan fingerprint density at radius 1 is 1.10 bits per heavy atom. The van der Waals surface area contributed by atoms with Gasteiger partial charge in [-0.25, -0.2) is 4.68 Å². The van der Waals surface area contributed by atoms with Crippen molar-refractivity contribution in [3.05, 3.63) is 131 Å². The number of nitrogens with one attached hydrogen (secondary N) is 1. The lowest BCUT2D eigenvalue weighted by Gasteiger charge is -2.25. The number of allylic oxidation sites excluding steroid dienone is 3. The van der Waals surface area contributed by atoms with Gasteiger partial charge in [-0.05, 0) is 69.0 Å². The van der Waals surface area contributed by atoms with Gasteiger partial charge in [-0.2, -0.15) is 18.3 Å². The molecule has 0 saturated heterocycles. The van der Waals surface area contributed by atoms with Crippen LogP contribution in [-0.2, 0) is 15.7 Å². The molecule has 0 fully saturated rings. The number of benzene rings is 3. The van der Waals surface area contributed by atoms with Gasteiger partial charge in [0.2, 0.25) is 0 Å². The number of hydrogen-bond acceptors (Lipinski definition) is 5. The van der Waals surface area contributed by atoms with Gasteiger partial charge in [-0.1, -0.05) is 97.4 Å². The van der Waals surface area contributed by atoms with Crippen molar-refractivity contribution in [3.8, 4) is 5.69 Å². The molecule has 0 saturated carbocycles. The summed E-state index contributed by atoms with van der Waals surface area (Å²) in [6.45, 7) is 13.3. The fourth-order valence-electron chi connectivity index (χ4n) is 5.42. The SMILES string of the molecule is C=C/C(=C\C=C\C(C)C(c1ccc(C)cc1)c1c2cc(C(F)(F)F)cc(Cl)c2nn1-c1ccccc1)C(O)NCCC(=O)OC(C)(C)C. The van der Waals surface area contributed by atoms with Gasteiger partial charge in [0.1, 0.15) is 17.3 Å². The number of aromatic nitrogens is 2. The van der Waals surface area contributed by atoms with E-state index in [1.807, 2.05) is 74.5 Å². The summed E-state index contributed by atoms with van der Waals surface area (Å²) in [6.07, 6.45) is 1.29. The van der Waals surface area contributed by atoms with Crippen molar-refractivity contribution in [2.24, 2.45) is 5.92 Å². The Morgan fingerprint density at radius 3 is 2.38 bits per heavy atom. The average Bonchev–Trinajstić information content (AvgIpc) is 3.39. The fourth-order valence-corrected chi connectivity index (χ4v) is 5.68. The summed E-state index contributed by atoms with van der Waals surface area (Å²) >= 11 is 6.48. The Hall–Kier alpha value is -4.18. The van der Waals surface area contributed by atoms with E-state index in [-0.39, 0.29) is 35.4 Å². The second-order valence-electron chi connectivity index (χ2n) is 12.7. The van der Waals surface area contributed by atoms with Crippen molar-refractivity contribution in [1.29, 1.82) is 0 Å². The monoisotopic (exact) mass is 679 g/mol. The maximum absolute atomic E-state index is 14.0. The fraction of sp³-hybridized carbons (Fsp3) is 0.316. The summed E-state index contributed by atoms with van der Waals surface area (Å²) in [5, 5.41) is 18.6. The second kappa shape index (κ2) is 15.4. The number of esters is 1. The Bertz CT molecular complexity index is 1790. The number of aliphatic hydroxyl groups is 1. The highest BCUT2D eigenvalue weighted by Crippen LogP contribution is 2.42. The zero-order valence-corrected chi connectivity index (χ0v) is 28.4. The molecule has 48 heavy (non-hydrogen) atoms. The number of nitrogens with zero attached hydrogens (tertiary/aromatic N) is 2. The molecule has 254 valence electrons. The van der Waals surface area contributed by atoms with Gasteiger partial charge in [0, 0.05) is 17.8 Å². The van der Waals surface area contributed by atoms with Crippen LogP contribution in [0.3, 0.4) is 0 Å². The van der Waals surface area contributed by atoms with Crippen LogP contribution in [0.25, 0.3) is 16.6 Å². The number of rotatable bonds is 12. The molecule has 2 N–H and O–H groups in total. The van der Waals surface area contributed by atoms with Gasteiger partial charge in [0.15, 0.2) is 0 Å². The van der Waals surface area contributed by atoms with Crippen LogP contribution >= 0.6 is 11.6 Å². The number of aryl methyl sites for hydroxylation is 1. The molecular formula is C38H41ClF3N3O3. The van der Waals surface area contributed by atoms with E-state index >= 15 is 0 Å². The molecule has 0 bridgehead atoms. The molecule has 4 aromatic rings. The number of alkyl halides is 3. The molecule has 0 aliphatic heterocycles. The molecule has 4 rings (SSSR count). The van der Waals surface area contributed by atoms with Crippen LogP contribution in [0.2, 0.25) is 5.02 Å². The van der Waals surface area contributed by atoms with Crippen LogP contribution in [0, 0.1) is 12.8 Å². The van der Waals surface area contributed by atoms with Crippen LogP contribution in [-0.4, -0.2) is 39.2 Å². The average molecular weight is 680 g/mol. The molecule has 0 radical (unpaired) electrons. The number of halogens is 4. The van der Waals surface area contributed by atoms with Crippen molar-refractivity contribution in [1.82, 2.24) is 15.1 Å². The molecule has 3 aromatic carbocycles. The maximum atomic E-state index is 14.0. The van der Waals surface area contributed by atoms with Crippen LogP contribution in [0.1, 0.15) is 62.4 Å². The first-order chi connectivity index (χ1) is 22.6. The number of aliphatic hydroxyl groups excluding tert-OH is 1. The third-order valence-electron chi connectivity index (χ3n) is 7.69. The molecule has 10 heteroatoms. The van der Waals surface area contributed by atoms with Crippen molar-refractivity contribution in [2.45, 2.75) is 65.0 Å². The second-order valence-corrected chi connectivity index (χ2v) is 13.1.